The summed E-state index contributed by atoms with van der Waals surface area (Å²) in [6.07, 6.45) is 1.01. The first-order chi connectivity index (χ1) is 18.2. The molecule has 2 aromatic heterocycles. The maximum atomic E-state index is 14.3. The van der Waals surface area contributed by atoms with E-state index in [0.717, 1.165) is 16.8 Å². The van der Waals surface area contributed by atoms with Gasteiger partial charge in [-0.3, -0.25) is 19.2 Å². The molecule has 1 aliphatic rings. The summed E-state index contributed by atoms with van der Waals surface area (Å²) in [5.41, 5.74) is 1.05. The number of fused-ring (bicyclic) bond motifs is 2. The van der Waals surface area contributed by atoms with Gasteiger partial charge in [0.1, 0.15) is 23.0 Å². The van der Waals surface area contributed by atoms with Crippen molar-refractivity contribution < 1.29 is 32.7 Å². The Bertz CT molecular complexity index is 1650. The molecule has 0 aliphatic carbocycles. The second kappa shape index (κ2) is 9.81. The van der Waals surface area contributed by atoms with Crippen molar-refractivity contribution >= 4 is 29.2 Å². The van der Waals surface area contributed by atoms with Crippen LogP contribution in [0.15, 0.2) is 48.7 Å². The summed E-state index contributed by atoms with van der Waals surface area (Å²) in [5.74, 6) is -3.22. The molecule has 3 heterocycles. The van der Waals surface area contributed by atoms with Crippen molar-refractivity contribution in [3.63, 3.8) is 0 Å². The Morgan fingerprint density at radius 2 is 1.68 bits per heavy atom. The van der Waals surface area contributed by atoms with E-state index in [1.807, 2.05) is 0 Å². The third-order valence-electron chi connectivity index (χ3n) is 5.89. The van der Waals surface area contributed by atoms with Crippen LogP contribution in [-0.4, -0.2) is 38.2 Å². The van der Waals surface area contributed by atoms with Gasteiger partial charge in [-0.15, -0.1) is 0 Å². The minimum absolute atomic E-state index is 0.0704. The van der Waals surface area contributed by atoms with E-state index >= 15 is 0 Å². The van der Waals surface area contributed by atoms with E-state index in [2.05, 4.69) is 20.7 Å². The van der Waals surface area contributed by atoms with Crippen LogP contribution in [0.3, 0.4) is 0 Å². The first-order valence-electron chi connectivity index (χ1n) is 11.4. The lowest BCUT2D eigenvalue weighted by Crippen LogP contribution is -2.28. The Kier molecular flexibility index (Phi) is 6.37. The van der Waals surface area contributed by atoms with Gasteiger partial charge in [0.05, 0.1) is 18.2 Å². The molecule has 0 fully saturated rings. The minimum Gasteiger partial charge on any atom is -0.426 e. The lowest BCUT2D eigenvalue weighted by Gasteiger charge is -2.10. The van der Waals surface area contributed by atoms with Gasteiger partial charge in [0, 0.05) is 24.7 Å². The van der Waals surface area contributed by atoms with Gasteiger partial charge in [-0.05, 0) is 42.3 Å². The van der Waals surface area contributed by atoms with E-state index in [0.29, 0.717) is 22.4 Å². The van der Waals surface area contributed by atoms with E-state index in [-0.39, 0.29) is 48.1 Å². The zero-order chi connectivity index (χ0) is 27.0. The van der Waals surface area contributed by atoms with Crippen molar-refractivity contribution in [2.75, 3.05) is 0 Å². The van der Waals surface area contributed by atoms with Crippen LogP contribution in [0.4, 0.5) is 8.78 Å². The van der Waals surface area contributed by atoms with Crippen LogP contribution in [0.2, 0.25) is 0 Å². The first-order valence-corrected chi connectivity index (χ1v) is 11.4. The highest BCUT2D eigenvalue weighted by Crippen LogP contribution is 2.26. The van der Waals surface area contributed by atoms with Crippen LogP contribution < -0.4 is 15.4 Å². The molecule has 0 saturated heterocycles. The molecule has 0 unspecified atom stereocenters. The van der Waals surface area contributed by atoms with Crippen molar-refractivity contribution in [3.05, 3.63) is 93.9 Å². The molecule has 12 heteroatoms. The molecule has 0 spiro atoms. The van der Waals surface area contributed by atoms with Gasteiger partial charge < -0.3 is 15.4 Å². The third-order valence-corrected chi connectivity index (χ3v) is 5.89. The van der Waals surface area contributed by atoms with Crippen molar-refractivity contribution in [1.29, 1.82) is 0 Å². The van der Waals surface area contributed by atoms with Crippen molar-refractivity contribution in [2.45, 2.75) is 26.4 Å². The second-order valence-electron chi connectivity index (χ2n) is 8.58. The molecular weight excluding hydrogens is 500 g/mol. The number of ether oxygens (including phenoxy) is 1. The van der Waals surface area contributed by atoms with E-state index < -0.39 is 29.2 Å². The van der Waals surface area contributed by atoms with Gasteiger partial charge in [0.15, 0.2) is 17.2 Å². The van der Waals surface area contributed by atoms with E-state index in [4.69, 9.17) is 4.74 Å². The summed E-state index contributed by atoms with van der Waals surface area (Å²) in [7, 11) is 0. The van der Waals surface area contributed by atoms with Gasteiger partial charge >= 0.3 is 5.97 Å². The quantitative estimate of drug-likeness (QED) is 0.218. The SMILES string of the molecule is CC(=O)c1cc(CNC(=O)c2cc(C(=O)NCc3ccc4c(c3)CC(=O)O4)nc3c(F)cnn23)ccc1F. The average molecular weight is 519 g/mol. The topological polar surface area (TPSA) is 132 Å². The average Bonchev–Trinajstić information content (AvgIpc) is 3.46. The number of ketones is 1. The Morgan fingerprint density at radius 3 is 2.45 bits per heavy atom. The summed E-state index contributed by atoms with van der Waals surface area (Å²) in [5, 5.41) is 9.09. The number of nitrogens with one attached hydrogen (secondary N) is 2. The fourth-order valence-electron chi connectivity index (χ4n) is 4.01. The Labute approximate surface area is 213 Å². The summed E-state index contributed by atoms with van der Waals surface area (Å²) >= 11 is 0. The molecule has 0 saturated carbocycles. The zero-order valence-corrected chi connectivity index (χ0v) is 19.9. The zero-order valence-electron chi connectivity index (χ0n) is 19.9. The number of hydrogen-bond acceptors (Lipinski definition) is 7. The van der Waals surface area contributed by atoms with Crippen LogP contribution in [0.1, 0.15) is 54.9 Å². The molecular formula is C26H19F2N5O5. The molecule has 5 rings (SSSR count). The lowest BCUT2D eigenvalue weighted by atomic mass is 10.1. The Hall–Kier alpha value is -5.00. The number of amides is 2. The number of benzene rings is 2. The summed E-state index contributed by atoms with van der Waals surface area (Å²) in [4.78, 5) is 52.9. The van der Waals surface area contributed by atoms with Crippen LogP contribution in [0, 0.1) is 11.6 Å². The van der Waals surface area contributed by atoms with E-state index in [1.54, 1.807) is 18.2 Å². The molecule has 0 radical (unpaired) electrons. The first kappa shape index (κ1) is 24.7. The highest BCUT2D eigenvalue weighted by Gasteiger charge is 2.22. The number of carbonyl (C=O) groups excluding carboxylic acids is 4. The van der Waals surface area contributed by atoms with Crippen molar-refractivity contribution in [2.24, 2.45) is 0 Å². The number of carbonyl (C=O) groups is 4. The maximum absolute atomic E-state index is 14.3. The number of halogens is 2. The molecule has 1 aliphatic heterocycles. The molecule has 0 bridgehead atoms. The van der Waals surface area contributed by atoms with Crippen LogP contribution in [0.25, 0.3) is 5.65 Å². The Morgan fingerprint density at radius 1 is 0.974 bits per heavy atom. The monoisotopic (exact) mass is 519 g/mol. The smallest absolute Gasteiger partial charge is 0.315 e. The molecule has 2 N–H and O–H groups in total. The summed E-state index contributed by atoms with van der Waals surface area (Å²) < 4.78 is 34.2. The maximum Gasteiger partial charge on any atom is 0.315 e. The molecule has 38 heavy (non-hydrogen) atoms. The largest absolute Gasteiger partial charge is 0.426 e. The summed E-state index contributed by atoms with van der Waals surface area (Å²) in [6.45, 7) is 1.24. The van der Waals surface area contributed by atoms with Crippen LogP contribution in [0.5, 0.6) is 5.75 Å². The van der Waals surface area contributed by atoms with Gasteiger partial charge in [0.25, 0.3) is 11.8 Å². The summed E-state index contributed by atoms with van der Waals surface area (Å²) in [6, 6.07) is 10.1. The fraction of sp³-hybridized carbons (Fsp3) is 0.154. The molecule has 2 amide bonds. The molecule has 2 aromatic carbocycles. The highest BCUT2D eigenvalue weighted by molar-refractivity contribution is 5.98. The molecule has 4 aromatic rings. The minimum atomic E-state index is -0.832. The predicted molar refractivity (Wildman–Crippen MR) is 127 cm³/mol. The lowest BCUT2D eigenvalue weighted by molar-refractivity contribution is -0.131. The van der Waals surface area contributed by atoms with Crippen molar-refractivity contribution in [1.82, 2.24) is 25.2 Å². The number of hydrogen-bond donors (Lipinski definition) is 2. The van der Waals surface area contributed by atoms with Crippen LogP contribution in [-0.2, 0) is 24.3 Å². The third kappa shape index (κ3) is 4.83. The number of Topliss-reactive ketones (excluding diaryl/α,β-unsaturated/α-hetero) is 1. The number of aromatic nitrogens is 3. The molecule has 192 valence electrons. The van der Waals surface area contributed by atoms with Crippen LogP contribution >= 0.6 is 0 Å². The normalized spacial score (nSPS) is 12.2. The second-order valence-corrected chi connectivity index (χ2v) is 8.58. The van der Waals surface area contributed by atoms with E-state index in [9.17, 15) is 28.0 Å². The van der Waals surface area contributed by atoms with Gasteiger partial charge in [0.2, 0.25) is 0 Å². The van der Waals surface area contributed by atoms with Crippen molar-refractivity contribution in [3.8, 4) is 5.75 Å². The predicted octanol–water partition coefficient (Wildman–Crippen LogP) is 2.53. The number of nitrogens with zero attached hydrogens (tertiary/aromatic N) is 3. The van der Waals surface area contributed by atoms with Gasteiger partial charge in [-0.25, -0.2) is 18.3 Å². The standard InChI is InChI=1S/C26H19F2N5O5/c1-13(34)17-7-15(2-4-18(17)27)11-30-26(37)21-9-20(32-24-19(28)12-31-33(21)24)25(36)29-10-14-3-5-22-16(6-14)8-23(35)38-22/h2-7,9,12H,8,10-11H2,1H3,(H,29,36)(H,30,37). The molecule has 10 nitrogen and oxygen atoms in total. The van der Waals surface area contributed by atoms with E-state index in [1.165, 1.54) is 25.1 Å². The fourth-order valence-corrected chi connectivity index (χ4v) is 4.01. The number of rotatable bonds is 7. The molecule has 0 atom stereocenters. The van der Waals surface area contributed by atoms with Gasteiger partial charge in [-0.1, -0.05) is 12.1 Å². The Balaban J connectivity index is 1.34. The number of esters is 1. The highest BCUT2D eigenvalue weighted by atomic mass is 19.1. The van der Waals surface area contributed by atoms with Gasteiger partial charge in [-0.2, -0.15) is 5.10 Å².